The van der Waals surface area contributed by atoms with Gasteiger partial charge in [0, 0.05) is 36.7 Å². The van der Waals surface area contributed by atoms with Gasteiger partial charge in [-0.15, -0.1) is 0 Å². The van der Waals surface area contributed by atoms with Gasteiger partial charge in [0.05, 0.1) is 11.1 Å². The van der Waals surface area contributed by atoms with Crippen molar-refractivity contribution in [2.75, 3.05) is 24.6 Å². The summed E-state index contributed by atoms with van der Waals surface area (Å²) in [5.74, 6) is 2.22. The van der Waals surface area contributed by atoms with E-state index in [9.17, 15) is 10.1 Å². The second-order valence-corrected chi connectivity index (χ2v) is 4.88. The fourth-order valence-electron chi connectivity index (χ4n) is 1.50. The number of rotatable bonds is 3. The van der Waals surface area contributed by atoms with Crippen molar-refractivity contribution >= 4 is 23.7 Å². The number of hydrogen-bond donors (Lipinski definition) is 0. The van der Waals surface area contributed by atoms with Crippen molar-refractivity contribution in [2.24, 2.45) is 5.10 Å². The maximum Gasteiger partial charge on any atom is 0.269 e. The molecule has 0 atom stereocenters. The molecule has 5 nitrogen and oxygen atoms in total. The van der Waals surface area contributed by atoms with E-state index in [1.165, 1.54) is 12.1 Å². The Balaban J connectivity index is 1.98. The van der Waals surface area contributed by atoms with Crippen molar-refractivity contribution in [3.63, 3.8) is 0 Å². The van der Waals surface area contributed by atoms with Crippen LogP contribution in [-0.4, -0.2) is 40.7 Å². The largest absolute Gasteiger partial charge is 0.295 e. The maximum absolute atomic E-state index is 10.5. The van der Waals surface area contributed by atoms with Crippen molar-refractivity contribution in [2.45, 2.75) is 0 Å². The molecule has 0 radical (unpaired) electrons. The molecule has 1 fully saturated rings. The van der Waals surface area contributed by atoms with E-state index in [-0.39, 0.29) is 5.69 Å². The van der Waals surface area contributed by atoms with Crippen molar-refractivity contribution < 1.29 is 4.92 Å². The molecule has 1 aliphatic rings. The normalized spacial score (nSPS) is 16.4. The summed E-state index contributed by atoms with van der Waals surface area (Å²) in [5.41, 5.74) is 0.991. The van der Waals surface area contributed by atoms with Gasteiger partial charge in [-0.05, 0) is 17.7 Å². The van der Waals surface area contributed by atoms with Crippen LogP contribution >= 0.6 is 11.8 Å². The van der Waals surface area contributed by atoms with Gasteiger partial charge in [0.15, 0.2) is 0 Å². The summed E-state index contributed by atoms with van der Waals surface area (Å²) in [4.78, 5) is 10.1. The average Bonchev–Trinajstić information content (AvgIpc) is 2.38. The van der Waals surface area contributed by atoms with E-state index in [4.69, 9.17) is 0 Å². The summed E-state index contributed by atoms with van der Waals surface area (Å²) in [6.07, 6.45) is 1.75. The van der Waals surface area contributed by atoms with Crippen molar-refractivity contribution in [3.05, 3.63) is 39.9 Å². The van der Waals surface area contributed by atoms with Crippen LogP contribution in [0, 0.1) is 10.1 Å². The molecule has 0 bridgehead atoms. The van der Waals surface area contributed by atoms with Crippen molar-refractivity contribution in [3.8, 4) is 0 Å². The first-order valence-electron chi connectivity index (χ1n) is 5.37. The summed E-state index contributed by atoms with van der Waals surface area (Å²) >= 11 is 1.93. The molecule has 0 amide bonds. The Morgan fingerprint density at radius 1 is 1.29 bits per heavy atom. The highest BCUT2D eigenvalue weighted by atomic mass is 32.2. The molecular formula is C11H13N3O2S. The fourth-order valence-corrected chi connectivity index (χ4v) is 2.38. The molecule has 0 aromatic heterocycles. The van der Waals surface area contributed by atoms with Crippen LogP contribution in [0.4, 0.5) is 5.69 Å². The lowest BCUT2D eigenvalue weighted by Crippen LogP contribution is -2.27. The highest BCUT2D eigenvalue weighted by Gasteiger charge is 2.07. The van der Waals surface area contributed by atoms with Crippen LogP contribution in [0.25, 0.3) is 0 Å². The molecule has 0 unspecified atom stereocenters. The number of nitro groups is 1. The molecule has 1 aliphatic heterocycles. The first-order valence-corrected chi connectivity index (χ1v) is 6.52. The molecule has 1 heterocycles. The van der Waals surface area contributed by atoms with E-state index in [0.29, 0.717) is 0 Å². The molecule has 2 rings (SSSR count). The van der Waals surface area contributed by atoms with Gasteiger partial charge in [-0.1, -0.05) is 0 Å². The maximum atomic E-state index is 10.5. The second kappa shape index (κ2) is 5.67. The molecule has 0 spiro atoms. The minimum Gasteiger partial charge on any atom is -0.295 e. The van der Waals surface area contributed by atoms with E-state index >= 15 is 0 Å². The van der Waals surface area contributed by atoms with Gasteiger partial charge < -0.3 is 0 Å². The fraction of sp³-hybridized carbons (Fsp3) is 0.364. The van der Waals surface area contributed by atoms with Gasteiger partial charge in [-0.25, -0.2) is 0 Å². The highest BCUT2D eigenvalue weighted by molar-refractivity contribution is 7.99. The Kier molecular flexibility index (Phi) is 3.98. The Morgan fingerprint density at radius 3 is 2.53 bits per heavy atom. The smallest absolute Gasteiger partial charge is 0.269 e. The molecule has 6 heteroatoms. The van der Waals surface area contributed by atoms with Gasteiger partial charge in [-0.2, -0.15) is 16.9 Å². The molecule has 1 aromatic rings. The van der Waals surface area contributed by atoms with Crippen molar-refractivity contribution in [1.29, 1.82) is 0 Å². The second-order valence-electron chi connectivity index (χ2n) is 3.66. The summed E-state index contributed by atoms with van der Waals surface area (Å²) < 4.78 is 0. The zero-order valence-corrected chi connectivity index (χ0v) is 10.1. The van der Waals surface area contributed by atoms with Crippen LogP contribution in [0.1, 0.15) is 5.56 Å². The van der Waals surface area contributed by atoms with Gasteiger partial charge in [0.1, 0.15) is 0 Å². The third kappa shape index (κ3) is 3.45. The third-order valence-corrected chi connectivity index (χ3v) is 3.40. The number of non-ortho nitro benzene ring substituents is 1. The molecule has 90 valence electrons. The molecule has 1 saturated heterocycles. The monoisotopic (exact) mass is 251 g/mol. The zero-order valence-electron chi connectivity index (χ0n) is 9.28. The molecule has 0 N–H and O–H groups in total. The number of hydrazone groups is 1. The molecule has 0 saturated carbocycles. The quantitative estimate of drug-likeness (QED) is 0.468. The lowest BCUT2D eigenvalue weighted by molar-refractivity contribution is -0.384. The number of nitro benzene ring substituents is 1. The van der Waals surface area contributed by atoms with Crippen LogP contribution in [0.2, 0.25) is 0 Å². The van der Waals surface area contributed by atoms with E-state index in [1.807, 2.05) is 16.8 Å². The Labute approximate surface area is 104 Å². The van der Waals surface area contributed by atoms with Crippen LogP contribution in [0.5, 0.6) is 0 Å². The first kappa shape index (κ1) is 11.9. The lowest BCUT2D eigenvalue weighted by Gasteiger charge is -2.22. The minimum atomic E-state index is -0.400. The van der Waals surface area contributed by atoms with E-state index in [2.05, 4.69) is 5.10 Å². The minimum absolute atomic E-state index is 0.108. The topological polar surface area (TPSA) is 58.7 Å². The van der Waals surface area contributed by atoms with Gasteiger partial charge in [0.2, 0.25) is 0 Å². The van der Waals surface area contributed by atoms with Gasteiger partial charge in [-0.3, -0.25) is 15.1 Å². The molecule has 1 aromatic carbocycles. The van der Waals surface area contributed by atoms with E-state index in [0.717, 1.165) is 30.2 Å². The molecule has 17 heavy (non-hydrogen) atoms. The van der Waals surface area contributed by atoms with E-state index in [1.54, 1.807) is 18.3 Å². The summed E-state index contributed by atoms with van der Waals surface area (Å²) in [6, 6.07) is 6.40. The molecule has 0 aliphatic carbocycles. The summed E-state index contributed by atoms with van der Waals surface area (Å²) in [5, 5.41) is 16.9. The number of nitrogens with zero attached hydrogens (tertiary/aromatic N) is 3. The zero-order chi connectivity index (χ0) is 12.1. The third-order valence-electron chi connectivity index (χ3n) is 2.46. The summed E-state index contributed by atoms with van der Waals surface area (Å²) in [7, 11) is 0. The Bertz CT molecular complexity index is 413. The SMILES string of the molecule is O=[N+]([O-])c1ccc(/C=N/N2CCSCC2)cc1. The number of thioether (sulfide) groups is 1. The van der Waals surface area contributed by atoms with Gasteiger partial charge in [0.25, 0.3) is 5.69 Å². The lowest BCUT2D eigenvalue weighted by atomic mass is 10.2. The van der Waals surface area contributed by atoms with Crippen LogP contribution in [-0.2, 0) is 0 Å². The number of benzene rings is 1. The molecular weight excluding hydrogens is 238 g/mol. The Morgan fingerprint density at radius 2 is 1.94 bits per heavy atom. The number of hydrogen-bond acceptors (Lipinski definition) is 5. The highest BCUT2D eigenvalue weighted by Crippen LogP contribution is 2.12. The predicted molar refractivity (Wildman–Crippen MR) is 69.6 cm³/mol. The van der Waals surface area contributed by atoms with Crippen molar-refractivity contribution in [1.82, 2.24) is 5.01 Å². The predicted octanol–water partition coefficient (Wildman–Crippen LogP) is 1.98. The van der Waals surface area contributed by atoms with Crippen LogP contribution < -0.4 is 0 Å². The standard InChI is InChI=1S/C11H13N3O2S/c15-14(16)11-3-1-10(2-4-11)9-12-13-5-7-17-8-6-13/h1-4,9H,5-8H2/b12-9+. The van der Waals surface area contributed by atoms with E-state index < -0.39 is 4.92 Å². The average molecular weight is 251 g/mol. The van der Waals surface area contributed by atoms with Crippen LogP contribution in [0.3, 0.4) is 0 Å². The van der Waals surface area contributed by atoms with Gasteiger partial charge >= 0.3 is 0 Å². The summed E-state index contributed by atoms with van der Waals surface area (Å²) in [6.45, 7) is 1.93. The first-order chi connectivity index (χ1) is 8.25. The Hall–Kier alpha value is -1.56. The van der Waals surface area contributed by atoms with Crippen LogP contribution in [0.15, 0.2) is 29.4 Å².